The monoisotopic (exact) mass is 405 g/mol. The molecule has 1 amide bonds. The van der Waals surface area contributed by atoms with Gasteiger partial charge in [-0.3, -0.25) is 4.79 Å². The van der Waals surface area contributed by atoms with Crippen molar-refractivity contribution < 1.29 is 4.79 Å². The number of halogens is 1. The van der Waals surface area contributed by atoms with Crippen LogP contribution in [0.25, 0.3) is 16.6 Å². The summed E-state index contributed by atoms with van der Waals surface area (Å²) in [7, 11) is 0. The van der Waals surface area contributed by atoms with E-state index in [2.05, 4.69) is 16.0 Å². The van der Waals surface area contributed by atoms with Gasteiger partial charge in [-0.2, -0.15) is 0 Å². The zero-order valence-electron chi connectivity index (χ0n) is 16.0. The summed E-state index contributed by atoms with van der Waals surface area (Å²) in [6.45, 7) is 3.31. The third-order valence-electron chi connectivity index (χ3n) is 5.66. The van der Waals surface area contributed by atoms with E-state index in [4.69, 9.17) is 16.6 Å². The molecule has 1 fully saturated rings. The maximum atomic E-state index is 13.1. The van der Waals surface area contributed by atoms with Crippen molar-refractivity contribution in [2.75, 3.05) is 13.1 Å². The predicted molar refractivity (Wildman–Crippen MR) is 112 cm³/mol. The molecule has 0 radical (unpaired) electrons. The molecule has 0 unspecified atom stereocenters. The third kappa shape index (κ3) is 3.23. The fourth-order valence-electron chi connectivity index (χ4n) is 4.10. The Balaban J connectivity index is 1.33. The summed E-state index contributed by atoms with van der Waals surface area (Å²) in [5.41, 5.74) is 3.14. The van der Waals surface area contributed by atoms with E-state index in [9.17, 15) is 4.79 Å². The number of piperidine rings is 1. The molecule has 0 N–H and O–H groups in total. The molecule has 146 valence electrons. The van der Waals surface area contributed by atoms with Gasteiger partial charge < -0.3 is 9.30 Å². The van der Waals surface area contributed by atoms with Gasteiger partial charge in [0.2, 0.25) is 0 Å². The van der Waals surface area contributed by atoms with Crippen molar-refractivity contribution >= 4 is 34.1 Å². The molecule has 5 rings (SSSR count). The Morgan fingerprint density at radius 1 is 1.14 bits per heavy atom. The first-order valence-corrected chi connectivity index (χ1v) is 10.1. The van der Waals surface area contributed by atoms with E-state index in [-0.39, 0.29) is 5.91 Å². The Kier molecular flexibility index (Phi) is 4.43. The number of carbonyl (C=O) groups excluding carboxylic acids is 1. The molecule has 4 aromatic heterocycles. The third-order valence-corrected chi connectivity index (χ3v) is 5.86. The number of hydrogen-bond donors (Lipinski definition) is 0. The van der Waals surface area contributed by atoms with Crippen molar-refractivity contribution in [3.8, 4) is 0 Å². The molecule has 0 aliphatic carbocycles. The average molecular weight is 406 g/mol. The van der Waals surface area contributed by atoms with Crippen LogP contribution in [0.3, 0.4) is 0 Å². The van der Waals surface area contributed by atoms with E-state index in [1.165, 1.54) is 0 Å². The van der Waals surface area contributed by atoms with Crippen LogP contribution < -0.4 is 0 Å². The van der Waals surface area contributed by atoms with Crippen LogP contribution in [0.2, 0.25) is 5.02 Å². The van der Waals surface area contributed by atoms with E-state index >= 15 is 0 Å². The van der Waals surface area contributed by atoms with Crippen molar-refractivity contribution in [3.05, 3.63) is 71.0 Å². The van der Waals surface area contributed by atoms with Gasteiger partial charge in [0.15, 0.2) is 11.3 Å². The van der Waals surface area contributed by atoms with Gasteiger partial charge in [0.25, 0.3) is 5.91 Å². The topological polar surface area (TPSA) is 63.4 Å². The van der Waals surface area contributed by atoms with Gasteiger partial charge in [0, 0.05) is 42.5 Å². The van der Waals surface area contributed by atoms with E-state index in [0.717, 1.165) is 35.3 Å². The molecule has 0 atom stereocenters. The number of imidazole rings is 1. The van der Waals surface area contributed by atoms with Crippen molar-refractivity contribution in [1.29, 1.82) is 0 Å². The molecule has 5 heterocycles. The van der Waals surface area contributed by atoms with E-state index < -0.39 is 0 Å². The SMILES string of the molecule is Cc1nc(C(=O)N2CCC(c3ccc4cc(Cl)cnc4n3)CC2)c2ccccn12. The number of aromatic nitrogens is 4. The van der Waals surface area contributed by atoms with Crippen LogP contribution in [0.5, 0.6) is 0 Å². The van der Waals surface area contributed by atoms with Gasteiger partial charge in [-0.1, -0.05) is 17.7 Å². The zero-order chi connectivity index (χ0) is 20.0. The van der Waals surface area contributed by atoms with Crippen molar-refractivity contribution in [2.45, 2.75) is 25.7 Å². The molecular weight excluding hydrogens is 386 g/mol. The fourth-order valence-corrected chi connectivity index (χ4v) is 4.27. The lowest BCUT2D eigenvalue weighted by atomic mass is 9.92. The summed E-state index contributed by atoms with van der Waals surface area (Å²) in [4.78, 5) is 28.6. The highest BCUT2D eigenvalue weighted by molar-refractivity contribution is 6.31. The highest BCUT2D eigenvalue weighted by Gasteiger charge is 2.28. The second kappa shape index (κ2) is 7.12. The molecule has 0 bridgehead atoms. The minimum atomic E-state index is 0.00280. The molecule has 0 aromatic carbocycles. The Morgan fingerprint density at radius 2 is 1.97 bits per heavy atom. The minimum absolute atomic E-state index is 0.00280. The first-order chi connectivity index (χ1) is 14.1. The van der Waals surface area contributed by atoms with Crippen molar-refractivity contribution in [3.63, 3.8) is 0 Å². The number of likely N-dealkylation sites (tertiary alicyclic amines) is 1. The van der Waals surface area contributed by atoms with Crippen molar-refractivity contribution in [2.24, 2.45) is 0 Å². The van der Waals surface area contributed by atoms with Crippen LogP contribution in [0.15, 0.2) is 48.8 Å². The normalized spacial score (nSPS) is 15.3. The van der Waals surface area contributed by atoms with E-state index in [0.29, 0.717) is 35.4 Å². The second-order valence-corrected chi connectivity index (χ2v) is 7.90. The standard InChI is InChI=1S/C22H20ClN5O/c1-14-25-20(19-4-2-3-9-28(14)19)22(29)27-10-7-15(8-11-27)18-6-5-16-12-17(23)13-24-21(16)26-18/h2-6,9,12-13,15H,7-8,10-11H2,1H3. The number of pyridine rings is 3. The van der Waals surface area contributed by atoms with Crippen LogP contribution in [-0.2, 0) is 0 Å². The molecule has 29 heavy (non-hydrogen) atoms. The van der Waals surface area contributed by atoms with E-state index in [1.807, 2.05) is 52.8 Å². The maximum Gasteiger partial charge on any atom is 0.274 e. The molecule has 0 saturated carbocycles. The molecule has 6 nitrogen and oxygen atoms in total. The lowest BCUT2D eigenvalue weighted by Gasteiger charge is -2.31. The number of nitrogens with zero attached hydrogens (tertiary/aromatic N) is 5. The van der Waals surface area contributed by atoms with Crippen LogP contribution in [0.1, 0.15) is 40.8 Å². The van der Waals surface area contributed by atoms with Crippen LogP contribution >= 0.6 is 11.6 Å². The number of aryl methyl sites for hydroxylation is 1. The molecular formula is C22H20ClN5O. The average Bonchev–Trinajstić information content (AvgIpc) is 3.10. The Bertz CT molecular complexity index is 1230. The largest absolute Gasteiger partial charge is 0.337 e. The van der Waals surface area contributed by atoms with Gasteiger partial charge >= 0.3 is 0 Å². The smallest absolute Gasteiger partial charge is 0.274 e. The molecule has 1 saturated heterocycles. The summed E-state index contributed by atoms with van der Waals surface area (Å²) in [5, 5.41) is 1.55. The lowest BCUT2D eigenvalue weighted by Crippen LogP contribution is -2.38. The summed E-state index contributed by atoms with van der Waals surface area (Å²) >= 11 is 6.01. The van der Waals surface area contributed by atoms with Gasteiger partial charge in [-0.05, 0) is 50.1 Å². The van der Waals surface area contributed by atoms with Crippen molar-refractivity contribution in [1.82, 2.24) is 24.3 Å². The molecule has 1 aliphatic heterocycles. The molecule has 4 aromatic rings. The number of rotatable bonds is 2. The summed E-state index contributed by atoms with van der Waals surface area (Å²) in [6, 6.07) is 11.8. The lowest BCUT2D eigenvalue weighted by molar-refractivity contribution is 0.0708. The Hall–Kier alpha value is -2.99. The maximum absolute atomic E-state index is 13.1. The second-order valence-electron chi connectivity index (χ2n) is 7.47. The van der Waals surface area contributed by atoms with Gasteiger partial charge in [0.05, 0.1) is 10.5 Å². The number of carbonyl (C=O) groups is 1. The summed E-state index contributed by atoms with van der Waals surface area (Å²) < 4.78 is 1.96. The number of fused-ring (bicyclic) bond motifs is 2. The first kappa shape index (κ1) is 18.1. The van der Waals surface area contributed by atoms with E-state index in [1.54, 1.807) is 6.20 Å². The molecule has 1 aliphatic rings. The number of amides is 1. The quantitative estimate of drug-likeness (QED) is 0.500. The minimum Gasteiger partial charge on any atom is -0.337 e. The van der Waals surface area contributed by atoms with Crippen LogP contribution in [0.4, 0.5) is 0 Å². The first-order valence-electron chi connectivity index (χ1n) is 9.75. The highest BCUT2D eigenvalue weighted by Crippen LogP contribution is 2.29. The van der Waals surface area contributed by atoms with Gasteiger partial charge in [-0.15, -0.1) is 0 Å². The Morgan fingerprint density at radius 3 is 2.79 bits per heavy atom. The van der Waals surface area contributed by atoms with Gasteiger partial charge in [0.1, 0.15) is 5.82 Å². The number of hydrogen-bond acceptors (Lipinski definition) is 4. The fraction of sp³-hybridized carbons (Fsp3) is 0.273. The zero-order valence-corrected chi connectivity index (χ0v) is 16.8. The molecule has 7 heteroatoms. The predicted octanol–water partition coefficient (Wildman–Crippen LogP) is 4.26. The summed E-state index contributed by atoms with van der Waals surface area (Å²) in [6.07, 6.45) is 5.32. The Labute approximate surface area is 173 Å². The van der Waals surface area contributed by atoms with Crippen LogP contribution in [-0.4, -0.2) is 43.2 Å². The van der Waals surface area contributed by atoms with Crippen LogP contribution in [0, 0.1) is 6.92 Å². The highest BCUT2D eigenvalue weighted by atomic mass is 35.5. The molecule has 0 spiro atoms. The van der Waals surface area contributed by atoms with Gasteiger partial charge in [-0.25, -0.2) is 15.0 Å². The summed E-state index contributed by atoms with van der Waals surface area (Å²) in [5.74, 6) is 1.15.